The lowest BCUT2D eigenvalue weighted by Crippen LogP contribution is -2.55. The van der Waals surface area contributed by atoms with E-state index in [0.717, 1.165) is 36.9 Å². The van der Waals surface area contributed by atoms with E-state index in [9.17, 15) is 0 Å². The molecular weight excluding hydrogens is 264 g/mol. The Hall–Kier alpha value is -1.82. The Morgan fingerprint density at radius 1 is 1.24 bits per heavy atom. The van der Waals surface area contributed by atoms with Crippen molar-refractivity contribution in [3.63, 3.8) is 0 Å². The van der Waals surface area contributed by atoms with E-state index in [-0.39, 0.29) is 0 Å². The standard InChI is InChI=1S/C15H22N6/c1-16-13-11-20-7-5-17-14(20)15(18-13)21-9-8-19-6-3-2-4-12(19)10-21/h5,7,11-12,16H,2-4,6,8-10H2,1H3. The maximum Gasteiger partial charge on any atom is 0.180 e. The maximum atomic E-state index is 4.77. The molecule has 0 bridgehead atoms. The van der Waals surface area contributed by atoms with Crippen LogP contribution in [-0.4, -0.2) is 58.5 Å². The number of piperidine rings is 1. The van der Waals surface area contributed by atoms with E-state index < -0.39 is 0 Å². The minimum absolute atomic E-state index is 0.683. The minimum Gasteiger partial charge on any atom is -0.372 e. The quantitative estimate of drug-likeness (QED) is 0.905. The van der Waals surface area contributed by atoms with Crippen LogP contribution in [0.2, 0.25) is 0 Å². The Labute approximate surface area is 124 Å². The van der Waals surface area contributed by atoms with Gasteiger partial charge in [-0.15, -0.1) is 0 Å². The molecule has 0 radical (unpaired) electrons. The molecule has 1 unspecified atom stereocenters. The summed E-state index contributed by atoms with van der Waals surface area (Å²) < 4.78 is 2.06. The van der Waals surface area contributed by atoms with Gasteiger partial charge in [0.1, 0.15) is 5.82 Å². The van der Waals surface area contributed by atoms with Gasteiger partial charge in [0.05, 0.1) is 6.20 Å². The highest BCUT2D eigenvalue weighted by atomic mass is 15.3. The van der Waals surface area contributed by atoms with Gasteiger partial charge in [-0.3, -0.25) is 4.90 Å². The molecule has 0 spiro atoms. The highest BCUT2D eigenvalue weighted by molar-refractivity contribution is 5.67. The Morgan fingerprint density at radius 3 is 3.10 bits per heavy atom. The second-order valence-electron chi connectivity index (χ2n) is 5.99. The molecule has 4 heterocycles. The molecule has 4 rings (SSSR count). The third-order valence-corrected chi connectivity index (χ3v) is 4.75. The van der Waals surface area contributed by atoms with Crippen molar-refractivity contribution < 1.29 is 0 Å². The monoisotopic (exact) mass is 286 g/mol. The lowest BCUT2D eigenvalue weighted by Gasteiger charge is -2.44. The van der Waals surface area contributed by atoms with Gasteiger partial charge in [-0.2, -0.15) is 0 Å². The molecule has 21 heavy (non-hydrogen) atoms. The van der Waals surface area contributed by atoms with Crippen molar-refractivity contribution in [3.8, 4) is 0 Å². The fourth-order valence-electron chi connectivity index (χ4n) is 3.60. The summed E-state index contributed by atoms with van der Waals surface area (Å²) in [7, 11) is 1.91. The number of rotatable bonds is 2. The predicted molar refractivity (Wildman–Crippen MR) is 84.0 cm³/mol. The van der Waals surface area contributed by atoms with E-state index in [1.165, 1.54) is 25.8 Å². The van der Waals surface area contributed by atoms with E-state index in [1.807, 2.05) is 25.6 Å². The van der Waals surface area contributed by atoms with Crippen LogP contribution >= 0.6 is 0 Å². The van der Waals surface area contributed by atoms with Gasteiger partial charge in [0.15, 0.2) is 11.5 Å². The summed E-state index contributed by atoms with van der Waals surface area (Å²) >= 11 is 0. The van der Waals surface area contributed by atoms with E-state index in [2.05, 4.69) is 24.5 Å². The first-order valence-electron chi connectivity index (χ1n) is 7.85. The van der Waals surface area contributed by atoms with Gasteiger partial charge in [0, 0.05) is 45.1 Å². The van der Waals surface area contributed by atoms with Crippen molar-refractivity contribution >= 4 is 17.3 Å². The Kier molecular flexibility index (Phi) is 3.18. The van der Waals surface area contributed by atoms with Gasteiger partial charge >= 0.3 is 0 Å². The summed E-state index contributed by atoms with van der Waals surface area (Å²) in [5.41, 5.74) is 0.957. The molecular formula is C15H22N6. The SMILES string of the molecule is CNc1cn2ccnc2c(N2CCN3CCCCC3C2)n1. The third kappa shape index (κ3) is 2.23. The molecule has 6 heteroatoms. The van der Waals surface area contributed by atoms with Gasteiger partial charge in [0.25, 0.3) is 0 Å². The minimum atomic E-state index is 0.683. The van der Waals surface area contributed by atoms with Gasteiger partial charge in [-0.05, 0) is 19.4 Å². The number of piperazine rings is 1. The third-order valence-electron chi connectivity index (χ3n) is 4.75. The number of nitrogens with zero attached hydrogens (tertiary/aromatic N) is 5. The lowest BCUT2D eigenvalue weighted by atomic mass is 9.99. The number of aromatic nitrogens is 3. The predicted octanol–water partition coefficient (Wildman–Crippen LogP) is 1.45. The van der Waals surface area contributed by atoms with Crippen LogP contribution in [0.3, 0.4) is 0 Å². The number of fused-ring (bicyclic) bond motifs is 2. The van der Waals surface area contributed by atoms with E-state index >= 15 is 0 Å². The summed E-state index contributed by atoms with van der Waals surface area (Å²) in [6.07, 6.45) is 9.84. The van der Waals surface area contributed by atoms with Gasteiger partial charge in [-0.1, -0.05) is 6.42 Å². The topological polar surface area (TPSA) is 48.7 Å². The zero-order valence-corrected chi connectivity index (χ0v) is 12.5. The smallest absolute Gasteiger partial charge is 0.180 e. The van der Waals surface area contributed by atoms with Crippen LogP contribution in [0, 0.1) is 0 Å². The number of nitrogens with one attached hydrogen (secondary N) is 1. The normalized spacial score (nSPS) is 23.3. The van der Waals surface area contributed by atoms with Gasteiger partial charge < -0.3 is 14.6 Å². The van der Waals surface area contributed by atoms with Crippen molar-refractivity contribution in [1.82, 2.24) is 19.3 Å². The van der Waals surface area contributed by atoms with Crippen LogP contribution in [0.25, 0.3) is 5.65 Å². The summed E-state index contributed by atoms with van der Waals surface area (Å²) in [4.78, 5) is 14.3. The van der Waals surface area contributed by atoms with Crippen LogP contribution < -0.4 is 10.2 Å². The molecule has 0 aromatic carbocycles. The maximum absolute atomic E-state index is 4.77. The molecule has 0 saturated carbocycles. The molecule has 2 aromatic heterocycles. The Balaban J connectivity index is 1.67. The number of hydrogen-bond donors (Lipinski definition) is 1. The summed E-state index contributed by atoms with van der Waals surface area (Å²) in [6.45, 7) is 4.52. The van der Waals surface area contributed by atoms with Crippen molar-refractivity contribution in [1.29, 1.82) is 0 Å². The van der Waals surface area contributed by atoms with Gasteiger partial charge in [-0.25, -0.2) is 9.97 Å². The zero-order valence-electron chi connectivity index (χ0n) is 12.5. The molecule has 2 aliphatic heterocycles. The van der Waals surface area contributed by atoms with Crippen LogP contribution in [0.1, 0.15) is 19.3 Å². The molecule has 0 aliphatic carbocycles. The molecule has 1 atom stereocenters. The van der Waals surface area contributed by atoms with Crippen molar-refractivity contribution in [2.75, 3.05) is 43.4 Å². The molecule has 0 amide bonds. The second kappa shape index (κ2) is 5.18. The zero-order chi connectivity index (χ0) is 14.2. The van der Waals surface area contributed by atoms with Crippen LogP contribution in [-0.2, 0) is 0 Å². The number of hydrogen-bond acceptors (Lipinski definition) is 5. The lowest BCUT2D eigenvalue weighted by molar-refractivity contribution is 0.133. The van der Waals surface area contributed by atoms with Crippen molar-refractivity contribution in [3.05, 3.63) is 18.6 Å². The fourth-order valence-corrected chi connectivity index (χ4v) is 3.60. The first kappa shape index (κ1) is 12.9. The van der Waals surface area contributed by atoms with Crippen molar-refractivity contribution in [2.24, 2.45) is 0 Å². The van der Waals surface area contributed by atoms with Crippen molar-refractivity contribution in [2.45, 2.75) is 25.3 Å². The molecule has 6 nitrogen and oxygen atoms in total. The van der Waals surface area contributed by atoms with Crippen LogP contribution in [0.5, 0.6) is 0 Å². The number of anilines is 2. The second-order valence-corrected chi connectivity index (χ2v) is 5.99. The Morgan fingerprint density at radius 2 is 2.19 bits per heavy atom. The largest absolute Gasteiger partial charge is 0.372 e. The van der Waals surface area contributed by atoms with E-state index in [4.69, 9.17) is 4.98 Å². The Bertz CT molecular complexity index is 636. The van der Waals surface area contributed by atoms with E-state index in [0.29, 0.717) is 6.04 Å². The average molecular weight is 286 g/mol. The highest BCUT2D eigenvalue weighted by Gasteiger charge is 2.30. The molecule has 2 aliphatic rings. The van der Waals surface area contributed by atoms with E-state index in [1.54, 1.807) is 0 Å². The van der Waals surface area contributed by atoms with Gasteiger partial charge in [0.2, 0.25) is 0 Å². The first-order chi connectivity index (χ1) is 10.3. The van der Waals surface area contributed by atoms with Crippen LogP contribution in [0.4, 0.5) is 11.6 Å². The summed E-state index contributed by atoms with van der Waals surface area (Å²) in [6, 6.07) is 0.683. The molecule has 112 valence electrons. The highest BCUT2D eigenvalue weighted by Crippen LogP contribution is 2.27. The fraction of sp³-hybridized carbons (Fsp3) is 0.600. The van der Waals surface area contributed by atoms with Crippen LogP contribution in [0.15, 0.2) is 18.6 Å². The summed E-state index contributed by atoms with van der Waals surface area (Å²) in [5, 5.41) is 3.15. The molecule has 1 N–H and O–H groups in total. The number of imidazole rings is 1. The first-order valence-corrected chi connectivity index (χ1v) is 7.85. The molecule has 2 saturated heterocycles. The molecule has 2 fully saturated rings. The summed E-state index contributed by atoms with van der Waals surface area (Å²) in [5.74, 6) is 1.90. The molecule has 2 aromatic rings. The average Bonchev–Trinajstić information content (AvgIpc) is 3.01.